The van der Waals surface area contributed by atoms with Crippen molar-refractivity contribution >= 4 is 18.6 Å². The summed E-state index contributed by atoms with van der Waals surface area (Å²) in [6, 6.07) is 6.06. The van der Waals surface area contributed by atoms with Gasteiger partial charge < -0.3 is 4.57 Å². The molecule has 23 heavy (non-hydrogen) atoms. The third-order valence-corrected chi connectivity index (χ3v) is 6.57. The number of hydrogen-bond donors (Lipinski definition) is 0. The molecule has 122 valence electrons. The van der Waals surface area contributed by atoms with Gasteiger partial charge in [0.05, 0.1) is 0 Å². The molecule has 0 saturated carbocycles. The van der Waals surface area contributed by atoms with Crippen molar-refractivity contribution in [2.75, 3.05) is 0 Å². The third kappa shape index (κ3) is 3.19. The average Bonchev–Trinajstić information content (AvgIpc) is 2.44. The summed E-state index contributed by atoms with van der Waals surface area (Å²) in [5.74, 6) is 0. The first-order chi connectivity index (χ1) is 10.6. The predicted molar refractivity (Wildman–Crippen MR) is 99.0 cm³/mol. The summed E-state index contributed by atoms with van der Waals surface area (Å²) in [6.07, 6.45) is 0. The Morgan fingerprint density at radius 1 is 0.739 bits per heavy atom. The van der Waals surface area contributed by atoms with E-state index in [1.807, 2.05) is 60.6 Å². The van der Waals surface area contributed by atoms with Crippen molar-refractivity contribution in [1.29, 1.82) is 0 Å². The first-order valence-electron chi connectivity index (χ1n) is 7.89. The summed E-state index contributed by atoms with van der Waals surface area (Å²) in [7, 11) is -2.55. The van der Waals surface area contributed by atoms with Gasteiger partial charge in [-0.05, 0) is 81.8 Å². The molecule has 2 aromatic rings. The maximum absolute atomic E-state index is 13.1. The van der Waals surface area contributed by atoms with E-state index in [0.717, 1.165) is 44.2 Å². The molecule has 1 atom stereocenters. The molecule has 0 N–H and O–H groups in total. The zero-order valence-electron chi connectivity index (χ0n) is 15.0. The van der Waals surface area contributed by atoms with Gasteiger partial charge in [-0.25, -0.2) is 0 Å². The number of benzene rings is 2. The largest absolute Gasteiger partial charge is 0.313 e. The highest BCUT2D eigenvalue weighted by Gasteiger charge is 2.24. The fourth-order valence-electron chi connectivity index (χ4n) is 3.32. The van der Waals surface area contributed by atoms with Gasteiger partial charge in [-0.15, -0.1) is 0 Å². The normalized spacial score (nSPS) is 12.3. The highest BCUT2D eigenvalue weighted by Crippen LogP contribution is 2.34. The van der Waals surface area contributed by atoms with Crippen LogP contribution in [0.15, 0.2) is 18.2 Å². The maximum Gasteiger partial charge on any atom is 0.223 e. The second-order valence-corrected chi connectivity index (χ2v) is 8.18. The third-order valence-electron chi connectivity index (χ3n) is 4.70. The van der Waals surface area contributed by atoms with Gasteiger partial charge in [0.15, 0.2) is 7.80 Å². The second kappa shape index (κ2) is 6.45. The lowest BCUT2D eigenvalue weighted by Crippen LogP contribution is -2.15. The zero-order chi connectivity index (χ0) is 17.5. The minimum Gasteiger partial charge on any atom is -0.313 e. The molecule has 0 fully saturated rings. The number of hydrogen-bond acceptors (Lipinski definition) is 2. The second-order valence-electron chi connectivity index (χ2n) is 6.57. The topological polar surface area (TPSA) is 34.1 Å². The molecule has 0 radical (unpaired) electrons. The van der Waals surface area contributed by atoms with Gasteiger partial charge in [-0.1, -0.05) is 23.8 Å². The quantitative estimate of drug-likeness (QED) is 0.753. The minimum atomic E-state index is -2.55. The van der Waals surface area contributed by atoms with E-state index < -0.39 is 7.80 Å². The lowest BCUT2D eigenvalue weighted by molar-refractivity contribution is 0.107. The lowest BCUT2D eigenvalue weighted by atomic mass is 10.0. The van der Waals surface area contributed by atoms with Crippen LogP contribution >= 0.6 is 7.80 Å². The highest BCUT2D eigenvalue weighted by molar-refractivity contribution is 7.71. The van der Waals surface area contributed by atoms with Crippen LogP contribution in [0.3, 0.4) is 0 Å². The van der Waals surface area contributed by atoms with E-state index >= 15 is 0 Å². The van der Waals surface area contributed by atoms with Crippen LogP contribution in [-0.2, 0) is 4.57 Å². The SMILES string of the molecule is Cc1cc(C)c(C(=O)[PH](=O)c2c(C)c(C)cc(C)c2C)c(C)c1. The standard InChI is InChI=1S/C20H25O2P/c1-11-8-14(4)18(15(5)9-11)20(21)23(22)19-16(6)12(2)10-13(3)17(19)7/h8-10,23H,1-7H3. The first-order valence-corrected chi connectivity index (χ1v) is 9.30. The molecule has 0 bridgehead atoms. The first kappa shape index (κ1) is 17.7. The van der Waals surface area contributed by atoms with Gasteiger partial charge in [0.25, 0.3) is 0 Å². The van der Waals surface area contributed by atoms with Crippen molar-refractivity contribution in [2.45, 2.75) is 48.5 Å². The fourth-order valence-corrected chi connectivity index (χ4v) is 5.25. The summed E-state index contributed by atoms with van der Waals surface area (Å²) >= 11 is 0. The molecule has 2 rings (SSSR count). The smallest absolute Gasteiger partial charge is 0.223 e. The van der Waals surface area contributed by atoms with Crippen LogP contribution in [0, 0.1) is 48.5 Å². The van der Waals surface area contributed by atoms with Crippen molar-refractivity contribution < 1.29 is 9.36 Å². The van der Waals surface area contributed by atoms with E-state index in [1.54, 1.807) is 0 Å². The monoisotopic (exact) mass is 328 g/mol. The molecule has 1 unspecified atom stereocenters. The number of aryl methyl sites for hydroxylation is 5. The number of rotatable bonds is 3. The van der Waals surface area contributed by atoms with Crippen molar-refractivity contribution in [3.05, 3.63) is 62.7 Å². The van der Waals surface area contributed by atoms with Gasteiger partial charge >= 0.3 is 0 Å². The Bertz CT molecular complexity index is 783. The van der Waals surface area contributed by atoms with Gasteiger partial charge in [0, 0.05) is 10.9 Å². The van der Waals surface area contributed by atoms with Crippen molar-refractivity contribution in [3.8, 4) is 0 Å². The summed E-state index contributed by atoms with van der Waals surface area (Å²) < 4.78 is 13.1. The molecule has 2 aromatic carbocycles. The molecule has 0 aliphatic heterocycles. The Balaban J connectivity index is 2.61. The molecule has 0 aromatic heterocycles. The van der Waals surface area contributed by atoms with E-state index in [-0.39, 0.29) is 5.52 Å². The minimum absolute atomic E-state index is 0.221. The van der Waals surface area contributed by atoms with Gasteiger partial charge in [0.1, 0.15) is 0 Å². The Labute approximate surface area is 139 Å². The number of carbonyl (C=O) groups is 1. The Hall–Kier alpha value is -1.66. The van der Waals surface area contributed by atoms with Crippen LogP contribution in [0.1, 0.15) is 49.3 Å². The highest BCUT2D eigenvalue weighted by atomic mass is 31.1. The molecule has 0 aliphatic carbocycles. The van der Waals surface area contributed by atoms with Crippen LogP contribution in [0.25, 0.3) is 0 Å². The van der Waals surface area contributed by atoms with Gasteiger partial charge in [0.2, 0.25) is 5.52 Å². The van der Waals surface area contributed by atoms with Gasteiger partial charge in [-0.2, -0.15) is 0 Å². The molecule has 2 nitrogen and oxygen atoms in total. The molecule has 0 amide bonds. The van der Waals surface area contributed by atoms with E-state index in [1.165, 1.54) is 0 Å². The van der Waals surface area contributed by atoms with E-state index in [9.17, 15) is 9.36 Å². The van der Waals surface area contributed by atoms with E-state index in [0.29, 0.717) is 5.56 Å². The van der Waals surface area contributed by atoms with Crippen LogP contribution in [0.4, 0.5) is 0 Å². The fraction of sp³-hybridized carbons (Fsp3) is 0.350. The number of carbonyl (C=O) groups excluding carboxylic acids is 1. The zero-order valence-corrected chi connectivity index (χ0v) is 16.0. The van der Waals surface area contributed by atoms with Gasteiger partial charge in [-0.3, -0.25) is 4.79 Å². The predicted octanol–water partition coefficient (Wildman–Crippen LogP) is 4.87. The van der Waals surface area contributed by atoms with Crippen LogP contribution in [-0.4, -0.2) is 5.52 Å². The molecule has 3 heteroatoms. The summed E-state index contributed by atoms with van der Waals surface area (Å²) in [4.78, 5) is 13.0. The van der Waals surface area contributed by atoms with E-state index in [2.05, 4.69) is 6.07 Å². The van der Waals surface area contributed by atoms with Crippen molar-refractivity contribution in [2.24, 2.45) is 0 Å². The molecule has 0 saturated heterocycles. The Morgan fingerprint density at radius 3 is 1.61 bits per heavy atom. The summed E-state index contributed by atoms with van der Waals surface area (Å²) in [5, 5.41) is 0.747. The summed E-state index contributed by atoms with van der Waals surface area (Å²) in [5.41, 5.74) is 7.48. The van der Waals surface area contributed by atoms with Crippen molar-refractivity contribution in [3.63, 3.8) is 0 Å². The molecular weight excluding hydrogens is 303 g/mol. The molecule has 0 spiro atoms. The Kier molecular flexibility index (Phi) is 4.96. The molecule has 0 aliphatic rings. The maximum atomic E-state index is 13.1. The molecular formula is C20H25O2P. The van der Waals surface area contributed by atoms with Crippen LogP contribution in [0.5, 0.6) is 0 Å². The van der Waals surface area contributed by atoms with Crippen LogP contribution in [0.2, 0.25) is 0 Å². The lowest BCUT2D eigenvalue weighted by Gasteiger charge is -2.16. The Morgan fingerprint density at radius 2 is 1.17 bits per heavy atom. The van der Waals surface area contributed by atoms with Crippen LogP contribution < -0.4 is 5.30 Å². The average molecular weight is 328 g/mol. The molecule has 0 heterocycles. The summed E-state index contributed by atoms with van der Waals surface area (Å²) in [6.45, 7) is 13.8. The van der Waals surface area contributed by atoms with Crippen molar-refractivity contribution in [1.82, 2.24) is 0 Å². The van der Waals surface area contributed by atoms with E-state index in [4.69, 9.17) is 0 Å².